The Morgan fingerprint density at radius 2 is 1.85 bits per heavy atom. The van der Waals surface area contributed by atoms with Crippen molar-refractivity contribution >= 4 is 17.5 Å². The molecule has 0 aliphatic carbocycles. The molecule has 1 fully saturated rings. The summed E-state index contributed by atoms with van der Waals surface area (Å²) in [6.07, 6.45) is 2.82. The van der Waals surface area contributed by atoms with E-state index in [4.69, 9.17) is 14.3 Å². The monoisotopic (exact) mass is 463 g/mol. The molecule has 2 heterocycles. The molecular weight excluding hydrogens is 434 g/mol. The molecule has 1 saturated heterocycles. The first-order valence-corrected chi connectivity index (χ1v) is 12.1. The summed E-state index contributed by atoms with van der Waals surface area (Å²) in [6, 6.07) is 22.1. The maximum absolute atomic E-state index is 5.76. The van der Waals surface area contributed by atoms with E-state index in [0.29, 0.717) is 31.0 Å². The van der Waals surface area contributed by atoms with Gasteiger partial charge in [-0.05, 0) is 42.7 Å². The van der Waals surface area contributed by atoms with Crippen LogP contribution in [0.1, 0.15) is 23.6 Å². The van der Waals surface area contributed by atoms with E-state index in [0.717, 1.165) is 41.4 Å². The fourth-order valence-corrected chi connectivity index (χ4v) is 4.39. The van der Waals surface area contributed by atoms with E-state index in [1.54, 1.807) is 6.20 Å². The van der Waals surface area contributed by atoms with E-state index < -0.39 is 0 Å². The second-order valence-electron chi connectivity index (χ2n) is 7.75. The lowest BCUT2D eigenvalue weighted by molar-refractivity contribution is 0.107. The molecule has 2 aromatic carbocycles. The van der Waals surface area contributed by atoms with Gasteiger partial charge in [0, 0.05) is 35.5 Å². The summed E-state index contributed by atoms with van der Waals surface area (Å²) in [5.74, 6) is 2.48. The number of pyridine rings is 1. The minimum absolute atomic E-state index is 0.370. The first-order chi connectivity index (χ1) is 16.3. The first kappa shape index (κ1) is 23.1. The lowest BCUT2D eigenvalue weighted by Gasteiger charge is -2.09. The Morgan fingerprint density at radius 1 is 1.00 bits per heavy atom. The highest BCUT2D eigenvalue weighted by Crippen LogP contribution is 2.21. The predicted octanol–water partition coefficient (Wildman–Crippen LogP) is 4.69. The number of nitrogens with one attached hydrogen (secondary N) is 1. The molecule has 1 aliphatic rings. The van der Waals surface area contributed by atoms with Crippen molar-refractivity contribution in [1.29, 1.82) is 0 Å². The average molecular weight is 464 g/mol. The largest absolute Gasteiger partial charge is 0.490 e. The van der Waals surface area contributed by atoms with Crippen LogP contribution in [0.25, 0.3) is 0 Å². The second-order valence-corrected chi connectivity index (χ2v) is 9.04. The molecular formula is C26H29N3O3S. The summed E-state index contributed by atoms with van der Waals surface area (Å²) in [4.78, 5) is 9.76. The number of thioether (sulfide) groups is 1. The highest BCUT2D eigenvalue weighted by atomic mass is 32.2. The fourth-order valence-electron chi connectivity index (χ4n) is 3.37. The molecule has 1 unspecified atom stereocenters. The van der Waals surface area contributed by atoms with E-state index >= 15 is 0 Å². The number of nitrogens with zero attached hydrogens (tertiary/aromatic N) is 2. The molecule has 1 aliphatic heterocycles. The molecule has 1 aromatic heterocycles. The quantitative estimate of drug-likeness (QED) is 0.253. The summed E-state index contributed by atoms with van der Waals surface area (Å²) in [5, 5.41) is 8.21. The lowest BCUT2D eigenvalue weighted by Crippen LogP contribution is -2.14. The smallest absolute Gasteiger partial charge is 0.213 e. The normalized spacial score (nSPS) is 15.9. The maximum atomic E-state index is 5.76. The second kappa shape index (κ2) is 12.3. The molecule has 33 heavy (non-hydrogen) atoms. The topological polar surface area (TPSA) is 65.0 Å². The summed E-state index contributed by atoms with van der Waals surface area (Å²) in [7, 11) is 0. The molecule has 0 bridgehead atoms. The number of hydrogen-bond donors (Lipinski definition) is 1. The minimum atomic E-state index is 0.370. The molecule has 0 saturated carbocycles. The number of rotatable bonds is 11. The summed E-state index contributed by atoms with van der Waals surface area (Å²) in [6.45, 7) is 4.27. The number of hydrogen-bond acceptors (Lipinski definition) is 7. The number of ether oxygens (including phenoxy) is 2. The highest BCUT2D eigenvalue weighted by Gasteiger charge is 2.15. The van der Waals surface area contributed by atoms with Crippen LogP contribution in [0.15, 0.2) is 78.1 Å². The van der Waals surface area contributed by atoms with E-state index in [1.165, 1.54) is 5.56 Å². The van der Waals surface area contributed by atoms with Crippen molar-refractivity contribution in [3.05, 3.63) is 89.6 Å². The van der Waals surface area contributed by atoms with Crippen LogP contribution in [0.3, 0.4) is 0 Å². The summed E-state index contributed by atoms with van der Waals surface area (Å²) >= 11 is 1.98. The van der Waals surface area contributed by atoms with Crippen molar-refractivity contribution in [3.63, 3.8) is 0 Å². The standard InChI is InChI=1S/C26H29N3O3S/c1-20(23-9-12-26(28-16-23)31-18-22-5-3-2-4-6-22)29-32-14-13-30-24-10-7-21(8-11-24)15-25-17-27-19-33-25/h2-12,16,25,27H,13-15,17-19H2,1H3. The Hall–Kier alpha value is -3.03. The van der Waals surface area contributed by atoms with E-state index in [9.17, 15) is 0 Å². The Balaban J connectivity index is 1.15. The average Bonchev–Trinajstić information content (AvgIpc) is 3.37. The van der Waals surface area contributed by atoms with Crippen molar-refractivity contribution in [2.45, 2.75) is 25.2 Å². The van der Waals surface area contributed by atoms with Crippen molar-refractivity contribution in [3.8, 4) is 11.6 Å². The van der Waals surface area contributed by atoms with Gasteiger partial charge in [0.05, 0.1) is 5.71 Å². The third kappa shape index (κ3) is 7.51. The van der Waals surface area contributed by atoms with Gasteiger partial charge in [-0.15, -0.1) is 11.8 Å². The van der Waals surface area contributed by atoms with Gasteiger partial charge < -0.3 is 19.6 Å². The highest BCUT2D eigenvalue weighted by molar-refractivity contribution is 8.00. The summed E-state index contributed by atoms with van der Waals surface area (Å²) < 4.78 is 11.5. The predicted molar refractivity (Wildman–Crippen MR) is 133 cm³/mol. The van der Waals surface area contributed by atoms with Gasteiger partial charge in [-0.1, -0.05) is 47.6 Å². The van der Waals surface area contributed by atoms with Gasteiger partial charge in [-0.25, -0.2) is 4.98 Å². The van der Waals surface area contributed by atoms with E-state index in [2.05, 4.69) is 27.6 Å². The van der Waals surface area contributed by atoms with Crippen LogP contribution in [0.5, 0.6) is 11.6 Å². The Morgan fingerprint density at radius 3 is 2.58 bits per heavy atom. The van der Waals surface area contributed by atoms with E-state index in [-0.39, 0.29) is 0 Å². The molecule has 1 atom stereocenters. The van der Waals surface area contributed by atoms with Crippen LogP contribution in [0, 0.1) is 0 Å². The van der Waals surface area contributed by atoms with Crippen molar-refractivity contribution in [1.82, 2.24) is 10.3 Å². The zero-order valence-corrected chi connectivity index (χ0v) is 19.6. The zero-order chi connectivity index (χ0) is 22.7. The van der Waals surface area contributed by atoms with Crippen molar-refractivity contribution in [2.24, 2.45) is 5.16 Å². The third-order valence-corrected chi connectivity index (χ3v) is 6.38. The van der Waals surface area contributed by atoms with Gasteiger partial charge in [0.15, 0.2) is 6.61 Å². The Labute approximate surface area is 199 Å². The molecule has 4 rings (SSSR count). The van der Waals surface area contributed by atoms with Crippen molar-refractivity contribution < 1.29 is 14.3 Å². The van der Waals surface area contributed by atoms with Gasteiger partial charge in [0.2, 0.25) is 5.88 Å². The van der Waals surface area contributed by atoms with Crippen LogP contribution in [-0.2, 0) is 17.9 Å². The van der Waals surface area contributed by atoms with Gasteiger partial charge >= 0.3 is 0 Å². The number of oxime groups is 1. The SMILES string of the molecule is CC(=NOCCOc1ccc(CC2CNCS2)cc1)c1ccc(OCc2ccccc2)nc1. The van der Waals surface area contributed by atoms with Gasteiger partial charge in [0.1, 0.15) is 19.0 Å². The summed E-state index contributed by atoms with van der Waals surface area (Å²) in [5.41, 5.74) is 4.08. The van der Waals surface area contributed by atoms with Crippen LogP contribution >= 0.6 is 11.8 Å². The first-order valence-electron chi connectivity index (χ1n) is 11.1. The number of benzene rings is 2. The maximum Gasteiger partial charge on any atom is 0.213 e. The molecule has 6 nitrogen and oxygen atoms in total. The lowest BCUT2D eigenvalue weighted by atomic mass is 10.1. The third-order valence-electron chi connectivity index (χ3n) is 5.21. The minimum Gasteiger partial charge on any atom is -0.490 e. The van der Waals surface area contributed by atoms with Crippen LogP contribution < -0.4 is 14.8 Å². The molecule has 1 N–H and O–H groups in total. The number of aromatic nitrogens is 1. The van der Waals surface area contributed by atoms with Crippen molar-refractivity contribution in [2.75, 3.05) is 25.6 Å². The van der Waals surface area contributed by atoms with Crippen LogP contribution in [0.4, 0.5) is 0 Å². The zero-order valence-electron chi connectivity index (χ0n) is 18.8. The molecule has 0 radical (unpaired) electrons. The molecule has 0 spiro atoms. The molecule has 172 valence electrons. The Kier molecular flexibility index (Phi) is 8.61. The molecule has 3 aromatic rings. The molecule has 0 amide bonds. The van der Waals surface area contributed by atoms with Gasteiger partial charge in [0.25, 0.3) is 0 Å². The van der Waals surface area contributed by atoms with Gasteiger partial charge in [-0.3, -0.25) is 0 Å². The molecule has 7 heteroatoms. The fraction of sp³-hybridized carbons (Fsp3) is 0.308. The van der Waals surface area contributed by atoms with Crippen LogP contribution in [0.2, 0.25) is 0 Å². The van der Waals surface area contributed by atoms with E-state index in [1.807, 2.05) is 73.3 Å². The van der Waals surface area contributed by atoms with Crippen LogP contribution in [-0.4, -0.2) is 41.6 Å². The Bertz CT molecular complexity index is 1010. The van der Waals surface area contributed by atoms with Gasteiger partial charge in [-0.2, -0.15) is 0 Å².